The van der Waals surface area contributed by atoms with Crippen LogP contribution in [0.2, 0.25) is 0 Å². The van der Waals surface area contributed by atoms with Crippen LogP contribution in [0.4, 0.5) is 4.79 Å². The van der Waals surface area contributed by atoms with Crippen LogP contribution in [0.5, 0.6) is 0 Å². The average molecular weight is 339 g/mol. The van der Waals surface area contributed by atoms with Gasteiger partial charge in [-0.2, -0.15) is 0 Å². The number of hydrogen-bond acceptors (Lipinski definition) is 3. The fraction of sp³-hybridized carbons (Fsp3) is 0.611. The molecule has 0 saturated carbocycles. The van der Waals surface area contributed by atoms with Crippen LogP contribution in [-0.2, 0) is 11.2 Å². The Morgan fingerprint density at radius 1 is 1.39 bits per heavy atom. The maximum absolute atomic E-state index is 12.7. The van der Waals surface area contributed by atoms with Crippen molar-refractivity contribution in [2.45, 2.75) is 51.3 Å². The lowest BCUT2D eigenvalue weighted by molar-refractivity contribution is -0.0122. The number of alkyl halides is 1. The number of piperazine rings is 1. The molecule has 1 amide bonds. The Bertz CT molecular complexity index is 530. The first-order chi connectivity index (χ1) is 10.7. The maximum Gasteiger partial charge on any atom is 0.410 e. The molecule has 23 heavy (non-hydrogen) atoms. The molecule has 0 spiro atoms. The summed E-state index contributed by atoms with van der Waals surface area (Å²) in [6.45, 7) is 9.02. The SMILES string of the molecule is CC(C)(C)OC(=O)N1C[C@H](CCl)NC[C@@]1(C)Cc1ccccc1. The van der Waals surface area contributed by atoms with Crippen molar-refractivity contribution in [1.29, 1.82) is 0 Å². The molecule has 4 nitrogen and oxygen atoms in total. The van der Waals surface area contributed by atoms with E-state index in [0.29, 0.717) is 19.0 Å². The fourth-order valence-electron chi connectivity index (χ4n) is 2.87. The largest absolute Gasteiger partial charge is 0.444 e. The summed E-state index contributed by atoms with van der Waals surface area (Å²) in [6.07, 6.45) is 0.502. The van der Waals surface area contributed by atoms with Gasteiger partial charge in [-0.05, 0) is 39.7 Å². The number of hydrogen-bond donors (Lipinski definition) is 1. The fourth-order valence-corrected chi connectivity index (χ4v) is 3.08. The number of benzene rings is 1. The third kappa shape index (κ3) is 4.85. The monoisotopic (exact) mass is 338 g/mol. The molecule has 0 aliphatic carbocycles. The highest BCUT2D eigenvalue weighted by Crippen LogP contribution is 2.26. The summed E-state index contributed by atoms with van der Waals surface area (Å²) in [5.41, 5.74) is 0.355. The number of amides is 1. The van der Waals surface area contributed by atoms with E-state index in [1.165, 1.54) is 5.56 Å². The molecule has 1 aliphatic rings. The quantitative estimate of drug-likeness (QED) is 0.858. The first-order valence-electron chi connectivity index (χ1n) is 8.07. The lowest BCUT2D eigenvalue weighted by Crippen LogP contribution is -2.66. The molecule has 1 aliphatic heterocycles. The molecular formula is C18H27ClN2O2. The van der Waals surface area contributed by atoms with Crippen LogP contribution >= 0.6 is 11.6 Å². The number of halogens is 1. The van der Waals surface area contributed by atoms with Crippen LogP contribution < -0.4 is 5.32 Å². The molecule has 0 aromatic heterocycles. The second kappa shape index (κ2) is 7.10. The molecule has 1 aromatic carbocycles. The van der Waals surface area contributed by atoms with Gasteiger partial charge < -0.3 is 10.1 Å². The van der Waals surface area contributed by atoms with E-state index in [4.69, 9.17) is 16.3 Å². The van der Waals surface area contributed by atoms with Gasteiger partial charge in [0.2, 0.25) is 0 Å². The molecule has 1 fully saturated rings. The van der Waals surface area contributed by atoms with Crippen molar-refractivity contribution in [2.24, 2.45) is 0 Å². The molecule has 0 bridgehead atoms. The topological polar surface area (TPSA) is 41.6 Å². The number of nitrogens with zero attached hydrogens (tertiary/aromatic N) is 1. The number of rotatable bonds is 3. The van der Waals surface area contributed by atoms with Gasteiger partial charge in [0.15, 0.2) is 0 Å². The van der Waals surface area contributed by atoms with Crippen molar-refractivity contribution in [1.82, 2.24) is 10.2 Å². The summed E-state index contributed by atoms with van der Waals surface area (Å²) in [4.78, 5) is 14.6. The molecule has 1 aromatic rings. The Kier molecular flexibility index (Phi) is 5.58. The van der Waals surface area contributed by atoms with Gasteiger partial charge in [0, 0.05) is 25.0 Å². The first kappa shape index (κ1) is 18.1. The number of carbonyl (C=O) groups excluding carboxylic acids is 1. The molecular weight excluding hydrogens is 312 g/mol. The summed E-state index contributed by atoms with van der Waals surface area (Å²) >= 11 is 6.00. The van der Waals surface area contributed by atoms with E-state index >= 15 is 0 Å². The molecule has 2 rings (SSSR count). The molecule has 1 N–H and O–H groups in total. The van der Waals surface area contributed by atoms with E-state index in [2.05, 4.69) is 24.4 Å². The van der Waals surface area contributed by atoms with Crippen LogP contribution in [0.3, 0.4) is 0 Å². The van der Waals surface area contributed by atoms with Crippen LogP contribution in [0, 0.1) is 0 Å². The summed E-state index contributed by atoms with van der Waals surface area (Å²) in [6, 6.07) is 10.3. The molecule has 5 heteroatoms. The first-order valence-corrected chi connectivity index (χ1v) is 8.61. The second-order valence-corrected chi connectivity index (χ2v) is 7.79. The van der Waals surface area contributed by atoms with Gasteiger partial charge in [0.25, 0.3) is 0 Å². The second-order valence-electron chi connectivity index (χ2n) is 7.48. The summed E-state index contributed by atoms with van der Waals surface area (Å²) in [7, 11) is 0. The van der Waals surface area contributed by atoms with E-state index in [-0.39, 0.29) is 17.7 Å². The molecule has 2 atom stereocenters. The normalized spacial score (nSPS) is 25.3. The Hall–Kier alpha value is -1.26. The lowest BCUT2D eigenvalue weighted by atomic mass is 9.88. The zero-order valence-electron chi connectivity index (χ0n) is 14.4. The Balaban J connectivity index is 2.21. The van der Waals surface area contributed by atoms with Crippen molar-refractivity contribution in [3.05, 3.63) is 35.9 Å². The third-order valence-corrected chi connectivity index (χ3v) is 4.43. The standard InChI is InChI=1S/C18H27ClN2O2/c1-17(2,3)23-16(22)21-12-15(11-19)20-13-18(21,4)10-14-8-6-5-7-9-14/h5-9,15,20H,10-13H2,1-4H3/t15-,18+/m0/s1. The highest BCUT2D eigenvalue weighted by molar-refractivity contribution is 6.18. The summed E-state index contributed by atoms with van der Waals surface area (Å²) in [5.74, 6) is 0.473. The number of ether oxygens (including phenoxy) is 1. The highest BCUT2D eigenvalue weighted by atomic mass is 35.5. The Morgan fingerprint density at radius 3 is 2.61 bits per heavy atom. The van der Waals surface area contributed by atoms with E-state index in [0.717, 1.165) is 6.42 Å². The third-order valence-electron chi connectivity index (χ3n) is 4.05. The van der Waals surface area contributed by atoms with Gasteiger partial charge in [-0.15, -0.1) is 11.6 Å². The predicted octanol–water partition coefficient (Wildman–Crippen LogP) is 3.44. The maximum atomic E-state index is 12.7. The zero-order valence-corrected chi connectivity index (χ0v) is 15.2. The molecule has 0 radical (unpaired) electrons. The Labute approximate surface area is 144 Å². The highest BCUT2D eigenvalue weighted by Gasteiger charge is 2.42. The molecule has 0 unspecified atom stereocenters. The van der Waals surface area contributed by atoms with Gasteiger partial charge in [-0.1, -0.05) is 30.3 Å². The lowest BCUT2D eigenvalue weighted by Gasteiger charge is -2.47. The van der Waals surface area contributed by atoms with Crippen molar-refractivity contribution in [3.63, 3.8) is 0 Å². The van der Waals surface area contributed by atoms with Gasteiger partial charge in [-0.3, -0.25) is 4.90 Å². The van der Waals surface area contributed by atoms with Crippen LogP contribution in [0.1, 0.15) is 33.3 Å². The Morgan fingerprint density at radius 2 is 2.04 bits per heavy atom. The van der Waals surface area contributed by atoms with Gasteiger partial charge >= 0.3 is 6.09 Å². The summed E-state index contributed by atoms with van der Waals surface area (Å²) in [5, 5.41) is 3.45. The van der Waals surface area contributed by atoms with Gasteiger partial charge in [-0.25, -0.2) is 4.79 Å². The van der Waals surface area contributed by atoms with Crippen molar-refractivity contribution >= 4 is 17.7 Å². The number of nitrogens with one attached hydrogen (secondary N) is 1. The minimum atomic E-state index is -0.508. The van der Waals surface area contributed by atoms with E-state index in [1.54, 1.807) is 0 Å². The predicted molar refractivity (Wildman–Crippen MR) is 94.0 cm³/mol. The minimum absolute atomic E-state index is 0.0908. The molecule has 1 saturated heterocycles. The van der Waals surface area contributed by atoms with Crippen molar-refractivity contribution in [2.75, 3.05) is 19.0 Å². The van der Waals surface area contributed by atoms with E-state index in [9.17, 15) is 4.79 Å². The smallest absolute Gasteiger partial charge is 0.410 e. The van der Waals surface area contributed by atoms with Crippen LogP contribution in [-0.4, -0.2) is 47.1 Å². The minimum Gasteiger partial charge on any atom is -0.444 e. The van der Waals surface area contributed by atoms with Gasteiger partial charge in [0.05, 0.1) is 5.54 Å². The molecule has 1 heterocycles. The van der Waals surface area contributed by atoms with E-state index < -0.39 is 5.60 Å². The zero-order chi connectivity index (χ0) is 17.1. The van der Waals surface area contributed by atoms with Gasteiger partial charge in [0.1, 0.15) is 5.60 Å². The average Bonchev–Trinajstić information content (AvgIpc) is 2.46. The van der Waals surface area contributed by atoms with Crippen molar-refractivity contribution < 1.29 is 9.53 Å². The van der Waals surface area contributed by atoms with Crippen LogP contribution in [0.15, 0.2) is 30.3 Å². The number of carbonyl (C=O) groups is 1. The van der Waals surface area contributed by atoms with Crippen molar-refractivity contribution in [3.8, 4) is 0 Å². The summed E-state index contributed by atoms with van der Waals surface area (Å²) < 4.78 is 5.62. The van der Waals surface area contributed by atoms with E-state index in [1.807, 2.05) is 43.9 Å². The van der Waals surface area contributed by atoms with Crippen LogP contribution in [0.25, 0.3) is 0 Å². The molecule has 128 valence electrons.